The first-order chi connectivity index (χ1) is 8.09. The van der Waals surface area contributed by atoms with Crippen molar-refractivity contribution >= 4 is 6.09 Å². The van der Waals surface area contributed by atoms with E-state index in [9.17, 15) is 13.6 Å². The van der Waals surface area contributed by atoms with Gasteiger partial charge in [0.05, 0.1) is 19.3 Å². The molecule has 0 saturated carbocycles. The van der Waals surface area contributed by atoms with E-state index < -0.39 is 23.8 Å². The lowest BCUT2D eigenvalue weighted by Gasteiger charge is -2.33. The number of benzene rings is 1. The minimum atomic E-state index is -1.09. The zero-order chi connectivity index (χ0) is 12.4. The van der Waals surface area contributed by atoms with Crippen LogP contribution >= 0.6 is 0 Å². The monoisotopic (exact) mass is 243 g/mol. The van der Waals surface area contributed by atoms with E-state index in [1.165, 1.54) is 6.07 Å². The number of rotatable bonds is 1. The van der Waals surface area contributed by atoms with Gasteiger partial charge in [0.1, 0.15) is 0 Å². The molecule has 1 aliphatic heterocycles. The van der Waals surface area contributed by atoms with Crippen molar-refractivity contribution in [1.82, 2.24) is 4.90 Å². The zero-order valence-corrected chi connectivity index (χ0v) is 8.90. The Bertz CT molecular complexity index is 439. The van der Waals surface area contributed by atoms with Crippen LogP contribution in [0.25, 0.3) is 0 Å². The average molecular weight is 243 g/mol. The molecule has 1 amide bonds. The average Bonchev–Trinajstić information content (AvgIpc) is 2.32. The Morgan fingerprint density at radius 2 is 2.18 bits per heavy atom. The highest BCUT2D eigenvalue weighted by Crippen LogP contribution is 2.25. The molecule has 1 N–H and O–H groups in total. The van der Waals surface area contributed by atoms with Gasteiger partial charge in [-0.2, -0.15) is 0 Å². The molecule has 1 aromatic rings. The molecule has 0 aromatic heterocycles. The Morgan fingerprint density at radius 1 is 1.41 bits per heavy atom. The van der Waals surface area contributed by atoms with Crippen molar-refractivity contribution < 1.29 is 23.4 Å². The number of ether oxygens (including phenoxy) is 1. The third-order valence-corrected chi connectivity index (χ3v) is 2.70. The number of morpholine rings is 1. The first kappa shape index (κ1) is 11.8. The summed E-state index contributed by atoms with van der Waals surface area (Å²) in [4.78, 5) is 12.2. The largest absolute Gasteiger partial charge is 0.465 e. The second kappa shape index (κ2) is 4.67. The first-order valence-corrected chi connectivity index (χ1v) is 5.12. The Morgan fingerprint density at radius 3 is 2.82 bits per heavy atom. The summed E-state index contributed by atoms with van der Waals surface area (Å²) in [6.07, 6.45) is -1.09. The van der Waals surface area contributed by atoms with Crippen molar-refractivity contribution in [2.75, 3.05) is 19.8 Å². The topological polar surface area (TPSA) is 49.8 Å². The number of carboxylic acid groups (broad SMARTS) is 1. The molecule has 2 rings (SSSR count). The third kappa shape index (κ3) is 2.36. The Balaban J connectivity index is 2.29. The zero-order valence-electron chi connectivity index (χ0n) is 8.90. The molecular formula is C11H11F2NO3. The number of amides is 1. The SMILES string of the molecule is O=C(O)N1CCOCC1c1ccc(F)c(F)c1. The van der Waals surface area contributed by atoms with Crippen LogP contribution in [0, 0.1) is 11.6 Å². The smallest absolute Gasteiger partial charge is 0.407 e. The van der Waals surface area contributed by atoms with Crippen LogP contribution in [0.3, 0.4) is 0 Å². The summed E-state index contributed by atoms with van der Waals surface area (Å²) in [5, 5.41) is 9.00. The summed E-state index contributed by atoms with van der Waals surface area (Å²) in [6, 6.07) is 2.77. The molecule has 1 fully saturated rings. The fourth-order valence-corrected chi connectivity index (χ4v) is 1.83. The van der Waals surface area contributed by atoms with Gasteiger partial charge in [0.2, 0.25) is 0 Å². The molecule has 0 bridgehead atoms. The maximum Gasteiger partial charge on any atom is 0.407 e. The van der Waals surface area contributed by atoms with Gasteiger partial charge in [0.15, 0.2) is 11.6 Å². The molecule has 0 radical (unpaired) electrons. The predicted molar refractivity (Wildman–Crippen MR) is 54.6 cm³/mol. The fraction of sp³-hybridized carbons (Fsp3) is 0.364. The maximum atomic E-state index is 13.1. The lowest BCUT2D eigenvalue weighted by Crippen LogP contribution is -2.42. The maximum absolute atomic E-state index is 13.1. The summed E-state index contributed by atoms with van der Waals surface area (Å²) in [5.41, 5.74) is 0.394. The Kier molecular flexibility index (Phi) is 3.23. The highest BCUT2D eigenvalue weighted by Gasteiger charge is 2.28. The van der Waals surface area contributed by atoms with Crippen molar-refractivity contribution in [1.29, 1.82) is 0 Å². The molecule has 6 heteroatoms. The number of carbonyl (C=O) groups is 1. The molecule has 1 unspecified atom stereocenters. The number of hydrogen-bond acceptors (Lipinski definition) is 2. The van der Waals surface area contributed by atoms with Gasteiger partial charge in [-0.05, 0) is 17.7 Å². The second-order valence-corrected chi connectivity index (χ2v) is 3.74. The van der Waals surface area contributed by atoms with E-state index in [1.54, 1.807) is 0 Å². The van der Waals surface area contributed by atoms with E-state index in [-0.39, 0.29) is 13.2 Å². The van der Waals surface area contributed by atoms with Crippen LogP contribution in [-0.4, -0.2) is 35.9 Å². The van der Waals surface area contributed by atoms with Crippen LogP contribution in [0.2, 0.25) is 0 Å². The molecule has 4 nitrogen and oxygen atoms in total. The standard InChI is InChI=1S/C11H11F2NO3/c12-8-2-1-7(5-9(8)13)10-6-17-4-3-14(10)11(15)16/h1-2,5,10H,3-4,6H2,(H,15,16). The summed E-state index contributed by atoms with van der Waals surface area (Å²) >= 11 is 0. The minimum absolute atomic E-state index is 0.150. The Hall–Kier alpha value is -1.69. The van der Waals surface area contributed by atoms with Gasteiger partial charge >= 0.3 is 6.09 Å². The highest BCUT2D eigenvalue weighted by atomic mass is 19.2. The molecule has 1 heterocycles. The molecule has 1 aliphatic rings. The van der Waals surface area contributed by atoms with E-state index in [2.05, 4.69) is 0 Å². The molecule has 1 aromatic carbocycles. The number of hydrogen-bond donors (Lipinski definition) is 1. The Labute approximate surface area is 96.4 Å². The molecule has 1 saturated heterocycles. The molecular weight excluding hydrogens is 232 g/mol. The van der Waals surface area contributed by atoms with Gasteiger partial charge in [-0.25, -0.2) is 13.6 Å². The number of nitrogens with zero attached hydrogens (tertiary/aromatic N) is 1. The van der Waals surface area contributed by atoms with Crippen molar-refractivity contribution in [2.24, 2.45) is 0 Å². The van der Waals surface area contributed by atoms with Gasteiger partial charge in [-0.15, -0.1) is 0 Å². The van der Waals surface area contributed by atoms with Crippen LogP contribution in [0.1, 0.15) is 11.6 Å². The minimum Gasteiger partial charge on any atom is -0.465 e. The first-order valence-electron chi connectivity index (χ1n) is 5.12. The second-order valence-electron chi connectivity index (χ2n) is 3.74. The van der Waals surface area contributed by atoms with E-state index in [0.29, 0.717) is 12.2 Å². The van der Waals surface area contributed by atoms with Gasteiger partial charge in [0.25, 0.3) is 0 Å². The van der Waals surface area contributed by atoms with E-state index in [0.717, 1.165) is 17.0 Å². The lowest BCUT2D eigenvalue weighted by atomic mass is 10.1. The van der Waals surface area contributed by atoms with Gasteiger partial charge in [-0.1, -0.05) is 6.07 Å². The fourth-order valence-electron chi connectivity index (χ4n) is 1.83. The van der Waals surface area contributed by atoms with E-state index >= 15 is 0 Å². The van der Waals surface area contributed by atoms with Crippen LogP contribution < -0.4 is 0 Å². The molecule has 0 spiro atoms. The normalized spacial score (nSPS) is 20.4. The van der Waals surface area contributed by atoms with Crippen molar-refractivity contribution in [3.05, 3.63) is 35.4 Å². The molecule has 0 aliphatic carbocycles. The van der Waals surface area contributed by atoms with Crippen LogP contribution in [0.15, 0.2) is 18.2 Å². The van der Waals surface area contributed by atoms with E-state index in [4.69, 9.17) is 9.84 Å². The lowest BCUT2D eigenvalue weighted by molar-refractivity contribution is -0.00101. The summed E-state index contributed by atoms with van der Waals surface area (Å²) in [7, 11) is 0. The highest BCUT2D eigenvalue weighted by molar-refractivity contribution is 5.66. The summed E-state index contributed by atoms with van der Waals surface area (Å²) in [5.74, 6) is -1.94. The van der Waals surface area contributed by atoms with Gasteiger partial charge in [-0.3, -0.25) is 4.90 Å². The van der Waals surface area contributed by atoms with Crippen LogP contribution in [-0.2, 0) is 4.74 Å². The number of halogens is 2. The third-order valence-electron chi connectivity index (χ3n) is 2.70. The van der Waals surface area contributed by atoms with Crippen molar-refractivity contribution in [2.45, 2.75) is 6.04 Å². The quantitative estimate of drug-likeness (QED) is 0.820. The van der Waals surface area contributed by atoms with Crippen LogP contribution in [0.5, 0.6) is 0 Å². The van der Waals surface area contributed by atoms with Crippen LogP contribution in [0.4, 0.5) is 13.6 Å². The van der Waals surface area contributed by atoms with Gasteiger partial charge in [0, 0.05) is 6.54 Å². The molecule has 1 atom stereocenters. The van der Waals surface area contributed by atoms with Gasteiger partial charge < -0.3 is 9.84 Å². The van der Waals surface area contributed by atoms with Crippen molar-refractivity contribution in [3.8, 4) is 0 Å². The van der Waals surface area contributed by atoms with E-state index in [1.807, 2.05) is 0 Å². The summed E-state index contributed by atoms with van der Waals surface area (Å²) in [6.45, 7) is 0.683. The molecule has 17 heavy (non-hydrogen) atoms. The molecule has 92 valence electrons. The van der Waals surface area contributed by atoms with Crippen molar-refractivity contribution in [3.63, 3.8) is 0 Å². The summed E-state index contributed by atoms with van der Waals surface area (Å²) < 4.78 is 31.0. The predicted octanol–water partition coefficient (Wildman–Crippen LogP) is 2.02.